The van der Waals surface area contributed by atoms with E-state index in [1.165, 1.54) is 0 Å². The molecule has 0 aromatic rings. The predicted octanol–water partition coefficient (Wildman–Crippen LogP) is 1.65. The van der Waals surface area contributed by atoms with Crippen LogP contribution in [0.15, 0.2) is 0 Å². The molecule has 4 atom stereocenters. The van der Waals surface area contributed by atoms with Crippen LogP contribution in [-0.4, -0.2) is 36.3 Å². The van der Waals surface area contributed by atoms with Crippen LogP contribution in [0.1, 0.15) is 39.5 Å². The summed E-state index contributed by atoms with van der Waals surface area (Å²) >= 11 is 0. The first kappa shape index (κ1) is 14.1. The summed E-state index contributed by atoms with van der Waals surface area (Å²) in [5.74, 6) is 1.84. The van der Waals surface area contributed by atoms with Crippen molar-refractivity contribution in [2.24, 2.45) is 29.6 Å². The molecule has 2 amide bonds. The predicted molar refractivity (Wildman–Crippen MR) is 76.9 cm³/mol. The van der Waals surface area contributed by atoms with E-state index in [1.54, 1.807) is 4.90 Å². The highest BCUT2D eigenvalue weighted by Gasteiger charge is 2.52. The topological polar surface area (TPSA) is 49.4 Å². The average molecular weight is 278 g/mol. The molecule has 2 aliphatic heterocycles. The van der Waals surface area contributed by atoms with E-state index in [9.17, 15) is 9.59 Å². The van der Waals surface area contributed by atoms with Crippen LogP contribution in [0, 0.1) is 29.6 Å². The molecule has 112 valence electrons. The molecule has 4 heteroatoms. The van der Waals surface area contributed by atoms with Gasteiger partial charge in [0.05, 0.1) is 11.8 Å². The van der Waals surface area contributed by atoms with Gasteiger partial charge in [-0.05, 0) is 50.1 Å². The molecule has 4 unspecified atom stereocenters. The van der Waals surface area contributed by atoms with Gasteiger partial charge >= 0.3 is 0 Å². The van der Waals surface area contributed by atoms with Crippen molar-refractivity contribution >= 4 is 11.8 Å². The third-order valence-corrected chi connectivity index (χ3v) is 5.81. The Morgan fingerprint density at radius 1 is 1.20 bits per heavy atom. The Balaban J connectivity index is 1.67. The molecular formula is C16H26N2O2. The molecule has 0 spiro atoms. The fourth-order valence-corrected chi connectivity index (χ4v) is 4.24. The van der Waals surface area contributed by atoms with Crippen molar-refractivity contribution in [2.75, 3.05) is 19.6 Å². The van der Waals surface area contributed by atoms with Gasteiger partial charge in [-0.3, -0.25) is 14.5 Å². The Morgan fingerprint density at radius 3 is 2.40 bits per heavy atom. The summed E-state index contributed by atoms with van der Waals surface area (Å²) in [6.07, 6.45) is 4.10. The number of imide groups is 1. The number of nitrogens with zero attached hydrogens (tertiary/aromatic N) is 1. The molecule has 20 heavy (non-hydrogen) atoms. The smallest absolute Gasteiger partial charge is 0.233 e. The first-order valence-electron chi connectivity index (χ1n) is 8.17. The molecule has 0 bridgehead atoms. The van der Waals surface area contributed by atoms with Crippen LogP contribution in [0.25, 0.3) is 0 Å². The molecule has 3 fully saturated rings. The summed E-state index contributed by atoms with van der Waals surface area (Å²) in [5.41, 5.74) is 0. The molecule has 2 saturated heterocycles. The average Bonchev–Trinajstić information content (AvgIpc) is 2.96. The number of carbonyl (C=O) groups excluding carboxylic acids is 2. The maximum atomic E-state index is 12.5. The minimum absolute atomic E-state index is 0.000643. The van der Waals surface area contributed by atoms with Crippen molar-refractivity contribution in [1.82, 2.24) is 10.2 Å². The third kappa shape index (κ3) is 2.28. The Kier molecular flexibility index (Phi) is 3.85. The van der Waals surface area contributed by atoms with Gasteiger partial charge in [0.2, 0.25) is 11.8 Å². The molecular weight excluding hydrogens is 252 g/mol. The Labute approximate surface area is 121 Å². The van der Waals surface area contributed by atoms with E-state index in [4.69, 9.17) is 0 Å². The van der Waals surface area contributed by atoms with E-state index in [-0.39, 0.29) is 23.7 Å². The fourth-order valence-electron chi connectivity index (χ4n) is 4.24. The van der Waals surface area contributed by atoms with Gasteiger partial charge in [-0.15, -0.1) is 0 Å². The van der Waals surface area contributed by atoms with E-state index >= 15 is 0 Å². The zero-order valence-electron chi connectivity index (χ0n) is 12.6. The van der Waals surface area contributed by atoms with Crippen LogP contribution in [0.4, 0.5) is 0 Å². The van der Waals surface area contributed by atoms with Gasteiger partial charge in [0, 0.05) is 6.54 Å². The number of likely N-dealkylation sites (tertiary alicyclic amines) is 1. The van der Waals surface area contributed by atoms with Crippen LogP contribution in [0.5, 0.6) is 0 Å². The molecule has 1 aliphatic carbocycles. The second-order valence-electron chi connectivity index (χ2n) is 6.98. The molecule has 1 saturated carbocycles. The molecule has 4 nitrogen and oxygen atoms in total. The molecule has 0 radical (unpaired) electrons. The number of hydrogen-bond donors (Lipinski definition) is 1. The Morgan fingerprint density at radius 2 is 1.85 bits per heavy atom. The lowest BCUT2D eigenvalue weighted by atomic mass is 9.87. The third-order valence-electron chi connectivity index (χ3n) is 5.81. The Bertz CT molecular complexity index is 385. The number of piperidine rings is 1. The van der Waals surface area contributed by atoms with Gasteiger partial charge in [-0.25, -0.2) is 0 Å². The summed E-state index contributed by atoms with van der Waals surface area (Å²) < 4.78 is 0. The number of nitrogens with one attached hydrogen (secondary N) is 1. The van der Waals surface area contributed by atoms with Crippen LogP contribution < -0.4 is 5.32 Å². The normalized spacial score (nSPS) is 41.3. The van der Waals surface area contributed by atoms with Crippen molar-refractivity contribution < 1.29 is 9.59 Å². The minimum Gasteiger partial charge on any atom is -0.316 e. The standard InChI is InChI=1S/C16H26N2O2/c1-3-11-6-13-14(7-11)16(20)18(15(13)19)9-12-8-17-5-4-10(12)2/h10-14,17H,3-9H2,1-2H3. The zero-order chi connectivity index (χ0) is 14.3. The number of hydrogen-bond acceptors (Lipinski definition) is 3. The van der Waals surface area contributed by atoms with Crippen molar-refractivity contribution in [1.29, 1.82) is 0 Å². The van der Waals surface area contributed by atoms with Crippen molar-refractivity contribution in [2.45, 2.75) is 39.5 Å². The van der Waals surface area contributed by atoms with E-state index in [0.717, 1.165) is 38.8 Å². The SMILES string of the molecule is CCC1CC2C(=O)N(CC3CNCCC3C)C(=O)C2C1. The number of rotatable bonds is 3. The van der Waals surface area contributed by atoms with Gasteiger partial charge in [0.25, 0.3) is 0 Å². The second-order valence-corrected chi connectivity index (χ2v) is 6.98. The van der Waals surface area contributed by atoms with Gasteiger partial charge in [0.1, 0.15) is 0 Å². The lowest BCUT2D eigenvalue weighted by Crippen LogP contribution is -2.44. The quantitative estimate of drug-likeness (QED) is 0.799. The molecule has 3 aliphatic rings. The highest BCUT2D eigenvalue weighted by Crippen LogP contribution is 2.44. The molecule has 1 N–H and O–H groups in total. The van der Waals surface area contributed by atoms with E-state index in [1.807, 2.05) is 0 Å². The van der Waals surface area contributed by atoms with Crippen LogP contribution in [0.3, 0.4) is 0 Å². The lowest BCUT2D eigenvalue weighted by Gasteiger charge is -2.32. The summed E-state index contributed by atoms with van der Waals surface area (Å²) in [7, 11) is 0. The maximum absolute atomic E-state index is 12.5. The molecule has 3 rings (SSSR count). The number of fused-ring (bicyclic) bond motifs is 1. The zero-order valence-corrected chi connectivity index (χ0v) is 12.6. The molecule has 2 heterocycles. The van der Waals surface area contributed by atoms with E-state index < -0.39 is 0 Å². The van der Waals surface area contributed by atoms with Gasteiger partial charge in [0.15, 0.2) is 0 Å². The van der Waals surface area contributed by atoms with Crippen LogP contribution in [-0.2, 0) is 9.59 Å². The van der Waals surface area contributed by atoms with Crippen molar-refractivity contribution in [3.05, 3.63) is 0 Å². The van der Waals surface area contributed by atoms with Crippen LogP contribution >= 0.6 is 0 Å². The maximum Gasteiger partial charge on any atom is 0.233 e. The van der Waals surface area contributed by atoms with E-state index in [2.05, 4.69) is 19.2 Å². The molecule has 0 aromatic carbocycles. The summed E-state index contributed by atoms with van der Waals surface area (Å²) in [5, 5.41) is 3.39. The highest BCUT2D eigenvalue weighted by molar-refractivity contribution is 6.05. The second kappa shape index (κ2) is 5.47. The summed E-state index contributed by atoms with van der Waals surface area (Å²) in [4.78, 5) is 26.6. The fraction of sp³-hybridized carbons (Fsp3) is 0.875. The first-order chi connectivity index (χ1) is 9.61. The largest absolute Gasteiger partial charge is 0.316 e. The summed E-state index contributed by atoms with van der Waals surface area (Å²) in [6, 6.07) is 0. The summed E-state index contributed by atoms with van der Waals surface area (Å²) in [6.45, 7) is 7.03. The number of amides is 2. The monoisotopic (exact) mass is 278 g/mol. The number of carbonyl (C=O) groups is 2. The Hall–Kier alpha value is -0.900. The van der Waals surface area contributed by atoms with Gasteiger partial charge in [-0.1, -0.05) is 20.3 Å². The van der Waals surface area contributed by atoms with Gasteiger partial charge < -0.3 is 5.32 Å². The molecule has 0 aromatic heterocycles. The van der Waals surface area contributed by atoms with Crippen LogP contribution in [0.2, 0.25) is 0 Å². The highest BCUT2D eigenvalue weighted by atomic mass is 16.2. The van der Waals surface area contributed by atoms with Crippen molar-refractivity contribution in [3.8, 4) is 0 Å². The first-order valence-corrected chi connectivity index (χ1v) is 8.17. The van der Waals surface area contributed by atoms with E-state index in [0.29, 0.717) is 24.3 Å². The lowest BCUT2D eigenvalue weighted by molar-refractivity contribution is -0.141. The minimum atomic E-state index is -0.000643. The van der Waals surface area contributed by atoms with Crippen molar-refractivity contribution in [3.63, 3.8) is 0 Å². The van der Waals surface area contributed by atoms with Gasteiger partial charge in [-0.2, -0.15) is 0 Å².